The minimum atomic E-state index is -0.436. The van der Waals surface area contributed by atoms with Crippen LogP contribution in [0.5, 0.6) is 5.75 Å². The Morgan fingerprint density at radius 1 is 1.31 bits per heavy atom. The molecule has 2 saturated heterocycles. The number of ether oxygens (including phenoxy) is 1. The average molecular weight is 457 g/mol. The van der Waals surface area contributed by atoms with Crippen LogP contribution in [0.2, 0.25) is 0 Å². The van der Waals surface area contributed by atoms with Crippen molar-refractivity contribution in [2.75, 3.05) is 38.2 Å². The molecule has 1 aromatic heterocycles. The van der Waals surface area contributed by atoms with Gasteiger partial charge in [0.1, 0.15) is 5.75 Å². The molecule has 0 saturated carbocycles. The van der Waals surface area contributed by atoms with Crippen LogP contribution in [0.25, 0.3) is 0 Å². The third kappa shape index (κ3) is 4.40. The van der Waals surface area contributed by atoms with Crippen molar-refractivity contribution >= 4 is 17.7 Å². The summed E-state index contributed by atoms with van der Waals surface area (Å²) in [5, 5.41) is 15.0. The fraction of sp³-hybridized carbons (Fsp3) is 0.583. The van der Waals surface area contributed by atoms with E-state index in [4.69, 9.17) is 9.84 Å². The SMILES string of the molecule is COc1cccc(Cn2nc(C(=O)N3CCCC(O)C3)c3c2CCN(C2CCSC2)C3)c1. The summed E-state index contributed by atoms with van der Waals surface area (Å²) in [7, 11) is 1.68. The van der Waals surface area contributed by atoms with Gasteiger partial charge in [-0.2, -0.15) is 16.9 Å². The first kappa shape index (κ1) is 21.8. The number of hydrogen-bond acceptors (Lipinski definition) is 6. The smallest absolute Gasteiger partial charge is 0.274 e. The molecule has 2 atom stereocenters. The number of aromatic nitrogens is 2. The molecule has 4 heterocycles. The van der Waals surface area contributed by atoms with E-state index in [-0.39, 0.29) is 5.91 Å². The van der Waals surface area contributed by atoms with Gasteiger partial charge < -0.3 is 14.7 Å². The van der Waals surface area contributed by atoms with Crippen molar-refractivity contribution < 1.29 is 14.6 Å². The number of fused-ring (bicyclic) bond motifs is 1. The number of aliphatic hydroxyl groups excluding tert-OH is 1. The second-order valence-corrected chi connectivity index (χ2v) is 10.2. The maximum absolute atomic E-state index is 13.5. The number of carbonyl (C=O) groups excluding carboxylic acids is 1. The van der Waals surface area contributed by atoms with Crippen molar-refractivity contribution in [2.45, 2.75) is 50.9 Å². The van der Waals surface area contributed by atoms with E-state index in [0.717, 1.165) is 49.2 Å². The first-order chi connectivity index (χ1) is 15.6. The van der Waals surface area contributed by atoms with Gasteiger partial charge >= 0.3 is 0 Å². The highest BCUT2D eigenvalue weighted by atomic mass is 32.2. The van der Waals surface area contributed by atoms with Crippen LogP contribution < -0.4 is 4.74 Å². The molecule has 0 aliphatic carbocycles. The Balaban J connectivity index is 1.46. The lowest BCUT2D eigenvalue weighted by Crippen LogP contribution is -2.43. The second kappa shape index (κ2) is 9.45. The van der Waals surface area contributed by atoms with E-state index in [0.29, 0.717) is 31.4 Å². The Morgan fingerprint density at radius 2 is 2.22 bits per heavy atom. The van der Waals surface area contributed by atoms with Crippen LogP contribution in [0.4, 0.5) is 0 Å². The maximum Gasteiger partial charge on any atom is 0.274 e. The fourth-order valence-electron chi connectivity index (χ4n) is 5.17. The van der Waals surface area contributed by atoms with E-state index < -0.39 is 6.10 Å². The van der Waals surface area contributed by atoms with Gasteiger partial charge in [-0.15, -0.1) is 0 Å². The molecule has 2 fully saturated rings. The van der Waals surface area contributed by atoms with Crippen LogP contribution in [-0.4, -0.2) is 81.0 Å². The molecule has 2 unspecified atom stereocenters. The Morgan fingerprint density at radius 3 is 3.00 bits per heavy atom. The summed E-state index contributed by atoms with van der Waals surface area (Å²) < 4.78 is 7.41. The third-order valence-corrected chi connectivity index (χ3v) is 8.08. The van der Waals surface area contributed by atoms with E-state index >= 15 is 0 Å². The summed E-state index contributed by atoms with van der Waals surface area (Å²) in [5.74, 6) is 3.19. The Bertz CT molecular complexity index is 972. The number of carbonyl (C=O) groups is 1. The number of aliphatic hydroxyl groups is 1. The topological polar surface area (TPSA) is 70.8 Å². The van der Waals surface area contributed by atoms with E-state index in [2.05, 4.69) is 11.0 Å². The quantitative estimate of drug-likeness (QED) is 0.745. The Hall–Kier alpha value is -2.03. The number of benzene rings is 1. The number of hydrogen-bond donors (Lipinski definition) is 1. The van der Waals surface area contributed by atoms with Crippen LogP contribution in [-0.2, 0) is 19.5 Å². The minimum absolute atomic E-state index is 0.0351. The largest absolute Gasteiger partial charge is 0.497 e. The lowest BCUT2D eigenvalue weighted by molar-refractivity contribution is 0.0466. The highest BCUT2D eigenvalue weighted by Gasteiger charge is 2.34. The molecular weight excluding hydrogens is 424 g/mol. The zero-order chi connectivity index (χ0) is 22.1. The Labute approximate surface area is 193 Å². The molecule has 3 aliphatic rings. The summed E-state index contributed by atoms with van der Waals surface area (Å²) in [6.45, 7) is 3.51. The van der Waals surface area contributed by atoms with Crippen LogP contribution in [0.15, 0.2) is 24.3 Å². The van der Waals surface area contributed by atoms with Crippen molar-refractivity contribution in [3.8, 4) is 5.75 Å². The first-order valence-corrected chi connectivity index (χ1v) is 12.8. The van der Waals surface area contributed by atoms with Crippen molar-refractivity contribution in [3.63, 3.8) is 0 Å². The molecule has 0 spiro atoms. The third-order valence-electron chi connectivity index (χ3n) is 6.94. The highest BCUT2D eigenvalue weighted by molar-refractivity contribution is 7.99. The van der Waals surface area contributed by atoms with Gasteiger partial charge in [-0.05, 0) is 42.7 Å². The van der Waals surface area contributed by atoms with Crippen molar-refractivity contribution in [2.24, 2.45) is 0 Å². The number of piperidine rings is 1. The van der Waals surface area contributed by atoms with Crippen LogP contribution >= 0.6 is 11.8 Å². The van der Waals surface area contributed by atoms with Gasteiger partial charge in [0.25, 0.3) is 5.91 Å². The monoisotopic (exact) mass is 456 g/mol. The first-order valence-electron chi connectivity index (χ1n) is 11.6. The van der Waals surface area contributed by atoms with Gasteiger partial charge in [-0.25, -0.2) is 0 Å². The molecule has 5 rings (SSSR count). The molecule has 1 aromatic carbocycles. The number of β-amino-alcohol motifs (C(OH)–C–C–N with tert-alkyl or cyclic N) is 1. The number of thioether (sulfide) groups is 1. The zero-order valence-corrected chi connectivity index (χ0v) is 19.5. The summed E-state index contributed by atoms with van der Waals surface area (Å²) in [6.07, 6.45) is 3.29. The van der Waals surface area contributed by atoms with Gasteiger partial charge in [-0.1, -0.05) is 12.1 Å². The van der Waals surface area contributed by atoms with Gasteiger partial charge in [0.15, 0.2) is 5.69 Å². The molecule has 8 heteroatoms. The number of amides is 1. The number of likely N-dealkylation sites (tertiary alicyclic amines) is 1. The van der Waals surface area contributed by atoms with Crippen LogP contribution in [0.1, 0.15) is 46.6 Å². The molecular formula is C24H32N4O3S. The van der Waals surface area contributed by atoms with Crippen molar-refractivity contribution in [1.29, 1.82) is 0 Å². The Kier molecular flexibility index (Phi) is 6.44. The predicted octanol–water partition coefficient (Wildman–Crippen LogP) is 2.40. The summed E-state index contributed by atoms with van der Waals surface area (Å²) in [6, 6.07) is 8.63. The van der Waals surface area contributed by atoms with Crippen LogP contribution in [0, 0.1) is 0 Å². The highest BCUT2D eigenvalue weighted by Crippen LogP contribution is 2.31. The number of rotatable bonds is 5. The standard InChI is InChI=1S/C24H32N4O3S/c1-31-20-6-2-4-17(12-20)13-28-22-7-10-26(18-8-11-32-16-18)15-21(22)23(25-28)24(30)27-9-3-5-19(29)14-27/h2,4,6,12,18-19,29H,3,5,7-11,13-16H2,1H3. The number of nitrogens with zero attached hydrogens (tertiary/aromatic N) is 4. The molecule has 1 N–H and O–H groups in total. The fourth-order valence-corrected chi connectivity index (χ4v) is 6.42. The van der Waals surface area contributed by atoms with E-state index in [1.807, 2.05) is 34.6 Å². The predicted molar refractivity (Wildman–Crippen MR) is 125 cm³/mol. The van der Waals surface area contributed by atoms with Gasteiger partial charge in [-0.3, -0.25) is 14.4 Å². The lowest BCUT2D eigenvalue weighted by atomic mass is 10.0. The minimum Gasteiger partial charge on any atom is -0.497 e. The molecule has 0 bridgehead atoms. The summed E-state index contributed by atoms with van der Waals surface area (Å²) in [4.78, 5) is 17.8. The molecule has 3 aliphatic heterocycles. The maximum atomic E-state index is 13.5. The average Bonchev–Trinajstić information content (AvgIpc) is 3.47. The second-order valence-electron chi connectivity index (χ2n) is 9.07. The molecule has 0 radical (unpaired) electrons. The zero-order valence-electron chi connectivity index (χ0n) is 18.7. The van der Waals surface area contributed by atoms with E-state index in [1.54, 1.807) is 12.0 Å². The lowest BCUT2D eigenvalue weighted by Gasteiger charge is -2.33. The summed E-state index contributed by atoms with van der Waals surface area (Å²) >= 11 is 2.02. The van der Waals surface area contributed by atoms with Crippen molar-refractivity contribution in [3.05, 3.63) is 46.8 Å². The molecule has 7 nitrogen and oxygen atoms in total. The van der Waals surface area contributed by atoms with Crippen molar-refractivity contribution in [1.82, 2.24) is 19.6 Å². The normalized spacial score (nSPS) is 23.9. The molecule has 2 aromatic rings. The van der Waals surface area contributed by atoms with Gasteiger partial charge in [0, 0.05) is 55.7 Å². The van der Waals surface area contributed by atoms with Gasteiger partial charge in [0.2, 0.25) is 0 Å². The molecule has 172 valence electrons. The van der Waals surface area contributed by atoms with Gasteiger partial charge in [0.05, 0.1) is 19.8 Å². The number of methoxy groups -OCH3 is 1. The van der Waals surface area contributed by atoms with E-state index in [1.165, 1.54) is 23.6 Å². The van der Waals surface area contributed by atoms with E-state index in [9.17, 15) is 9.90 Å². The molecule has 32 heavy (non-hydrogen) atoms. The summed E-state index contributed by atoms with van der Waals surface area (Å²) in [5.41, 5.74) is 3.95. The van der Waals surface area contributed by atoms with Crippen LogP contribution in [0.3, 0.4) is 0 Å². The molecule has 1 amide bonds.